The molecule has 0 aliphatic carbocycles. The van der Waals surface area contributed by atoms with Crippen LogP contribution in [0.2, 0.25) is 0 Å². The predicted molar refractivity (Wildman–Crippen MR) is 62.3 cm³/mol. The fourth-order valence-corrected chi connectivity index (χ4v) is 1.32. The van der Waals surface area contributed by atoms with Crippen LogP contribution in [0.4, 0.5) is 0 Å². The molecule has 8 heteroatoms. The van der Waals surface area contributed by atoms with Crippen molar-refractivity contribution in [2.24, 2.45) is 14.1 Å². The van der Waals surface area contributed by atoms with Crippen LogP contribution in [0, 0.1) is 0 Å². The molecule has 0 aromatic carbocycles. The highest BCUT2D eigenvalue weighted by molar-refractivity contribution is 5.81. The lowest BCUT2D eigenvalue weighted by atomic mass is 10.6. The summed E-state index contributed by atoms with van der Waals surface area (Å²) >= 11 is 0. The molecule has 0 atom stereocenters. The topological polar surface area (TPSA) is 92.3 Å². The molecule has 8 nitrogen and oxygen atoms in total. The highest BCUT2D eigenvalue weighted by atomic mass is 16.5. The van der Waals surface area contributed by atoms with Gasteiger partial charge >= 0.3 is 23.0 Å². The normalized spacial score (nSPS) is 10.1. The summed E-state index contributed by atoms with van der Waals surface area (Å²) in [4.78, 5) is 45.5. The Morgan fingerprint density at radius 1 is 1.17 bits per heavy atom. The van der Waals surface area contributed by atoms with Gasteiger partial charge in [0, 0.05) is 20.2 Å². The fraction of sp³-hybridized carbons (Fsp3) is 0.400. The summed E-state index contributed by atoms with van der Waals surface area (Å²) in [5.41, 5.74) is -2.21. The average molecular weight is 255 g/mol. The summed E-state index contributed by atoms with van der Waals surface area (Å²) < 4.78 is 7.08. The standard InChI is InChI=1S/C10H13N3O5/c1-4-7(14)18-6-5-13-9(16)11(2)8(15)12(3)10(13)17/h4H,1,5-6H2,2-3H3. The molecule has 18 heavy (non-hydrogen) atoms. The molecular formula is C10H13N3O5. The van der Waals surface area contributed by atoms with Crippen LogP contribution in [0.3, 0.4) is 0 Å². The summed E-state index contributed by atoms with van der Waals surface area (Å²) in [5, 5.41) is 0. The third-order valence-electron chi connectivity index (χ3n) is 2.34. The Morgan fingerprint density at radius 2 is 1.67 bits per heavy atom. The zero-order valence-electron chi connectivity index (χ0n) is 10.1. The zero-order chi connectivity index (χ0) is 13.9. The van der Waals surface area contributed by atoms with Gasteiger partial charge in [-0.25, -0.2) is 32.9 Å². The van der Waals surface area contributed by atoms with Gasteiger partial charge in [0.15, 0.2) is 0 Å². The van der Waals surface area contributed by atoms with Crippen LogP contribution < -0.4 is 17.1 Å². The van der Waals surface area contributed by atoms with Crippen molar-refractivity contribution >= 4 is 5.97 Å². The molecule has 0 unspecified atom stereocenters. The van der Waals surface area contributed by atoms with Crippen molar-refractivity contribution in [2.45, 2.75) is 6.54 Å². The van der Waals surface area contributed by atoms with Crippen LogP contribution in [0.25, 0.3) is 0 Å². The van der Waals surface area contributed by atoms with Gasteiger partial charge in [-0.2, -0.15) is 0 Å². The van der Waals surface area contributed by atoms with E-state index in [2.05, 4.69) is 11.3 Å². The molecule has 0 bridgehead atoms. The minimum absolute atomic E-state index is 0.126. The van der Waals surface area contributed by atoms with Crippen molar-refractivity contribution in [3.63, 3.8) is 0 Å². The Balaban J connectivity index is 3.08. The number of carbonyl (C=O) groups excluding carboxylic acids is 1. The van der Waals surface area contributed by atoms with E-state index in [9.17, 15) is 19.2 Å². The van der Waals surface area contributed by atoms with Crippen molar-refractivity contribution in [1.82, 2.24) is 13.7 Å². The minimum atomic E-state index is -0.752. The van der Waals surface area contributed by atoms with E-state index in [0.717, 1.165) is 19.8 Å². The zero-order valence-corrected chi connectivity index (χ0v) is 10.1. The van der Waals surface area contributed by atoms with E-state index in [1.807, 2.05) is 0 Å². The van der Waals surface area contributed by atoms with Gasteiger partial charge in [-0.05, 0) is 0 Å². The first-order chi connectivity index (χ1) is 8.40. The predicted octanol–water partition coefficient (Wildman–Crippen LogP) is -2.03. The van der Waals surface area contributed by atoms with Gasteiger partial charge in [0.25, 0.3) is 0 Å². The molecule has 0 radical (unpaired) electrons. The highest BCUT2D eigenvalue weighted by Crippen LogP contribution is 1.80. The molecule has 98 valence electrons. The summed E-state index contributed by atoms with van der Waals surface area (Å²) in [6.45, 7) is 2.93. The van der Waals surface area contributed by atoms with E-state index < -0.39 is 23.0 Å². The number of esters is 1. The summed E-state index contributed by atoms with van der Waals surface area (Å²) in [6.07, 6.45) is 0.974. The first-order valence-electron chi connectivity index (χ1n) is 5.06. The Morgan fingerprint density at radius 3 is 2.11 bits per heavy atom. The van der Waals surface area contributed by atoms with Crippen LogP contribution in [-0.2, 0) is 30.2 Å². The van der Waals surface area contributed by atoms with Gasteiger partial charge in [-0.3, -0.25) is 0 Å². The number of aromatic nitrogens is 3. The lowest BCUT2D eigenvalue weighted by molar-refractivity contribution is -0.138. The molecule has 0 saturated heterocycles. The molecule has 1 heterocycles. The van der Waals surface area contributed by atoms with Crippen LogP contribution in [0.15, 0.2) is 27.0 Å². The number of ether oxygens (including phenoxy) is 1. The number of carbonyl (C=O) groups is 1. The number of nitrogens with zero attached hydrogens (tertiary/aromatic N) is 3. The van der Waals surface area contributed by atoms with Crippen LogP contribution in [-0.4, -0.2) is 26.3 Å². The van der Waals surface area contributed by atoms with Crippen LogP contribution in [0.1, 0.15) is 0 Å². The average Bonchev–Trinajstić information content (AvgIpc) is 2.37. The van der Waals surface area contributed by atoms with Gasteiger partial charge in [0.05, 0.1) is 6.54 Å². The van der Waals surface area contributed by atoms with E-state index in [-0.39, 0.29) is 13.2 Å². The summed E-state index contributed by atoms with van der Waals surface area (Å²) in [6, 6.07) is 0. The lowest BCUT2D eigenvalue weighted by Gasteiger charge is -2.08. The first-order valence-corrected chi connectivity index (χ1v) is 5.06. The molecule has 0 N–H and O–H groups in total. The van der Waals surface area contributed by atoms with Crippen molar-refractivity contribution < 1.29 is 9.53 Å². The second-order valence-electron chi connectivity index (χ2n) is 3.49. The van der Waals surface area contributed by atoms with Gasteiger partial charge in [0.1, 0.15) is 6.61 Å². The molecule has 0 aliphatic rings. The highest BCUT2D eigenvalue weighted by Gasteiger charge is 2.10. The number of hydrogen-bond acceptors (Lipinski definition) is 5. The second kappa shape index (κ2) is 5.30. The molecule has 0 spiro atoms. The van der Waals surface area contributed by atoms with Crippen molar-refractivity contribution in [3.8, 4) is 0 Å². The smallest absolute Gasteiger partial charge is 0.336 e. The molecule has 0 amide bonds. The van der Waals surface area contributed by atoms with Crippen molar-refractivity contribution in [2.75, 3.05) is 6.61 Å². The fourth-order valence-electron chi connectivity index (χ4n) is 1.32. The molecule has 0 aliphatic heterocycles. The van der Waals surface area contributed by atoms with E-state index in [4.69, 9.17) is 0 Å². The van der Waals surface area contributed by atoms with Crippen molar-refractivity contribution in [1.29, 1.82) is 0 Å². The largest absolute Gasteiger partial charge is 0.461 e. The van der Waals surface area contributed by atoms with Gasteiger partial charge in [-0.1, -0.05) is 6.58 Å². The second-order valence-corrected chi connectivity index (χ2v) is 3.49. The summed E-state index contributed by atoms with van der Waals surface area (Å²) in [5.74, 6) is -0.648. The van der Waals surface area contributed by atoms with Crippen LogP contribution in [0.5, 0.6) is 0 Å². The maximum absolute atomic E-state index is 11.7. The minimum Gasteiger partial charge on any atom is -0.461 e. The van der Waals surface area contributed by atoms with E-state index in [1.54, 1.807) is 0 Å². The first kappa shape index (κ1) is 13.7. The molecule has 1 aromatic rings. The van der Waals surface area contributed by atoms with Gasteiger partial charge in [0.2, 0.25) is 0 Å². The Labute approximate surface area is 101 Å². The van der Waals surface area contributed by atoms with Gasteiger partial charge < -0.3 is 4.74 Å². The maximum Gasteiger partial charge on any atom is 0.336 e. The lowest BCUT2D eigenvalue weighted by Crippen LogP contribution is -2.53. The maximum atomic E-state index is 11.7. The monoisotopic (exact) mass is 255 g/mol. The van der Waals surface area contributed by atoms with Crippen molar-refractivity contribution in [3.05, 3.63) is 44.1 Å². The number of hydrogen-bond donors (Lipinski definition) is 0. The summed E-state index contributed by atoms with van der Waals surface area (Å²) in [7, 11) is 2.52. The molecule has 1 aromatic heterocycles. The molecular weight excluding hydrogens is 242 g/mol. The third-order valence-corrected chi connectivity index (χ3v) is 2.34. The van der Waals surface area contributed by atoms with E-state index >= 15 is 0 Å². The van der Waals surface area contributed by atoms with Gasteiger partial charge in [-0.15, -0.1) is 0 Å². The van der Waals surface area contributed by atoms with Crippen LogP contribution >= 0.6 is 0 Å². The molecule has 1 rings (SSSR count). The quantitative estimate of drug-likeness (QED) is 0.457. The number of rotatable bonds is 4. The Bertz CT molecular complexity index is 609. The SMILES string of the molecule is C=CC(=O)OCCn1c(=O)n(C)c(=O)n(C)c1=O. The molecule has 0 fully saturated rings. The van der Waals surface area contributed by atoms with E-state index in [1.165, 1.54) is 14.1 Å². The van der Waals surface area contributed by atoms with E-state index in [0.29, 0.717) is 0 Å². The third kappa shape index (κ3) is 2.47. The Hall–Kier alpha value is -2.38. The molecule has 0 saturated carbocycles. The Kier molecular flexibility index (Phi) is 4.03.